The molecule has 114 valence electrons. The third-order valence-corrected chi connectivity index (χ3v) is 4.09. The Bertz CT molecular complexity index is 526. The normalized spacial score (nSPS) is 16.0. The highest BCUT2D eigenvalue weighted by Gasteiger charge is 2.18. The molecular weight excluding hydrogens is 336 g/mol. The van der Waals surface area contributed by atoms with E-state index in [0.717, 1.165) is 43.2 Å². The van der Waals surface area contributed by atoms with E-state index in [0.29, 0.717) is 5.69 Å². The lowest BCUT2D eigenvalue weighted by Gasteiger charge is -2.25. The molecular formula is C15H19BrN2O3. The fourth-order valence-electron chi connectivity index (χ4n) is 2.45. The lowest BCUT2D eigenvalue weighted by Crippen LogP contribution is -2.37. The molecule has 1 heterocycles. The van der Waals surface area contributed by atoms with Crippen LogP contribution in [0.5, 0.6) is 0 Å². The summed E-state index contributed by atoms with van der Waals surface area (Å²) in [6.07, 6.45) is 5.50. The predicted octanol–water partition coefficient (Wildman–Crippen LogP) is 3.95. The average Bonchev–Trinajstić information content (AvgIpc) is 2.37. The molecule has 0 unspecified atom stereocenters. The van der Waals surface area contributed by atoms with Crippen LogP contribution in [0, 0.1) is 0 Å². The molecule has 1 aliphatic rings. The van der Waals surface area contributed by atoms with Crippen molar-refractivity contribution in [3.63, 3.8) is 0 Å². The first-order valence-electron chi connectivity index (χ1n) is 7.16. The standard InChI is InChI=1S/C15H19BrN2O3/c16-11-6-7-12(14(19)20)13(10-11)17-15(21)18-8-4-2-1-3-5-9-18/h6-7,10H,1-5,8-9H2,(H,17,21)(H,19,20). The van der Waals surface area contributed by atoms with Gasteiger partial charge in [-0.05, 0) is 31.0 Å². The van der Waals surface area contributed by atoms with Gasteiger partial charge in [0, 0.05) is 17.6 Å². The van der Waals surface area contributed by atoms with Gasteiger partial charge in [0.25, 0.3) is 0 Å². The van der Waals surface area contributed by atoms with Crippen molar-refractivity contribution in [2.75, 3.05) is 18.4 Å². The van der Waals surface area contributed by atoms with Crippen LogP contribution in [0.3, 0.4) is 0 Å². The molecule has 21 heavy (non-hydrogen) atoms. The molecule has 1 aromatic rings. The number of carbonyl (C=O) groups is 2. The van der Waals surface area contributed by atoms with E-state index < -0.39 is 5.97 Å². The Labute approximate surface area is 132 Å². The van der Waals surface area contributed by atoms with Crippen molar-refractivity contribution in [2.24, 2.45) is 0 Å². The molecule has 6 heteroatoms. The maximum absolute atomic E-state index is 12.3. The van der Waals surface area contributed by atoms with Gasteiger partial charge in [0.15, 0.2) is 0 Å². The van der Waals surface area contributed by atoms with Gasteiger partial charge in [-0.2, -0.15) is 0 Å². The number of urea groups is 1. The fourth-order valence-corrected chi connectivity index (χ4v) is 2.81. The topological polar surface area (TPSA) is 69.6 Å². The number of carboxylic acids is 1. The third-order valence-electron chi connectivity index (χ3n) is 3.60. The van der Waals surface area contributed by atoms with Crippen molar-refractivity contribution >= 4 is 33.6 Å². The van der Waals surface area contributed by atoms with Crippen LogP contribution in [0.25, 0.3) is 0 Å². The number of carboxylic acid groups (broad SMARTS) is 1. The quantitative estimate of drug-likeness (QED) is 0.844. The number of anilines is 1. The second-order valence-electron chi connectivity index (χ2n) is 5.18. The van der Waals surface area contributed by atoms with Gasteiger partial charge in [-0.15, -0.1) is 0 Å². The minimum atomic E-state index is -1.05. The number of halogens is 1. The monoisotopic (exact) mass is 354 g/mol. The van der Waals surface area contributed by atoms with E-state index >= 15 is 0 Å². The minimum Gasteiger partial charge on any atom is -0.478 e. The van der Waals surface area contributed by atoms with Gasteiger partial charge in [-0.3, -0.25) is 0 Å². The Morgan fingerprint density at radius 3 is 2.33 bits per heavy atom. The average molecular weight is 355 g/mol. The van der Waals surface area contributed by atoms with E-state index in [-0.39, 0.29) is 11.6 Å². The van der Waals surface area contributed by atoms with Crippen LogP contribution >= 0.6 is 15.9 Å². The molecule has 1 aliphatic heterocycles. The summed E-state index contributed by atoms with van der Waals surface area (Å²) in [4.78, 5) is 25.3. The number of carbonyl (C=O) groups excluding carboxylic acids is 1. The number of nitrogens with zero attached hydrogens (tertiary/aromatic N) is 1. The van der Waals surface area contributed by atoms with Crippen LogP contribution in [0.1, 0.15) is 42.5 Å². The van der Waals surface area contributed by atoms with Crippen molar-refractivity contribution in [3.8, 4) is 0 Å². The van der Waals surface area contributed by atoms with Crippen molar-refractivity contribution in [1.82, 2.24) is 4.90 Å². The lowest BCUT2D eigenvalue weighted by atomic mass is 10.1. The molecule has 2 amide bonds. The summed E-state index contributed by atoms with van der Waals surface area (Å²) in [5, 5.41) is 11.9. The summed E-state index contributed by atoms with van der Waals surface area (Å²) >= 11 is 3.30. The fraction of sp³-hybridized carbons (Fsp3) is 0.467. The van der Waals surface area contributed by atoms with E-state index in [1.54, 1.807) is 17.0 Å². The summed E-state index contributed by atoms with van der Waals surface area (Å²) in [5.74, 6) is -1.05. The second kappa shape index (κ2) is 7.45. The van der Waals surface area contributed by atoms with Gasteiger partial charge >= 0.3 is 12.0 Å². The summed E-state index contributed by atoms with van der Waals surface area (Å²) in [7, 11) is 0. The Kier molecular flexibility index (Phi) is 5.61. The lowest BCUT2D eigenvalue weighted by molar-refractivity contribution is 0.0698. The van der Waals surface area contributed by atoms with Gasteiger partial charge in [0.2, 0.25) is 0 Å². The molecule has 0 atom stereocenters. The van der Waals surface area contributed by atoms with E-state index in [4.69, 9.17) is 0 Å². The molecule has 5 nitrogen and oxygen atoms in total. The molecule has 0 aliphatic carbocycles. The molecule has 2 rings (SSSR count). The largest absolute Gasteiger partial charge is 0.478 e. The Hall–Kier alpha value is -1.56. The zero-order valence-corrected chi connectivity index (χ0v) is 13.4. The number of nitrogens with one attached hydrogen (secondary N) is 1. The van der Waals surface area contributed by atoms with Crippen molar-refractivity contribution in [3.05, 3.63) is 28.2 Å². The van der Waals surface area contributed by atoms with Gasteiger partial charge in [0.1, 0.15) is 0 Å². The van der Waals surface area contributed by atoms with E-state index in [9.17, 15) is 14.7 Å². The molecule has 1 fully saturated rings. The number of hydrogen-bond acceptors (Lipinski definition) is 2. The smallest absolute Gasteiger partial charge is 0.337 e. The highest BCUT2D eigenvalue weighted by Crippen LogP contribution is 2.22. The third kappa shape index (κ3) is 4.46. The SMILES string of the molecule is O=C(O)c1ccc(Br)cc1NC(=O)N1CCCCCCC1. The van der Waals surface area contributed by atoms with E-state index in [1.165, 1.54) is 12.5 Å². The van der Waals surface area contributed by atoms with Crippen LogP contribution in [-0.2, 0) is 0 Å². The van der Waals surface area contributed by atoms with Gasteiger partial charge in [-0.25, -0.2) is 9.59 Å². The van der Waals surface area contributed by atoms with Crippen LogP contribution < -0.4 is 5.32 Å². The van der Waals surface area contributed by atoms with E-state index in [2.05, 4.69) is 21.2 Å². The summed E-state index contributed by atoms with van der Waals surface area (Å²) in [6, 6.07) is 4.52. The first kappa shape index (κ1) is 15.8. The molecule has 0 saturated carbocycles. The first-order valence-corrected chi connectivity index (χ1v) is 7.96. The maximum Gasteiger partial charge on any atom is 0.337 e. The molecule has 1 saturated heterocycles. The zero-order chi connectivity index (χ0) is 15.2. The Morgan fingerprint density at radius 2 is 1.71 bits per heavy atom. The Morgan fingerprint density at radius 1 is 1.10 bits per heavy atom. The number of rotatable bonds is 2. The predicted molar refractivity (Wildman–Crippen MR) is 84.8 cm³/mol. The van der Waals surface area contributed by atoms with Crippen LogP contribution in [0.4, 0.5) is 10.5 Å². The molecule has 0 spiro atoms. The second-order valence-corrected chi connectivity index (χ2v) is 6.10. The first-order chi connectivity index (χ1) is 10.1. The summed E-state index contributed by atoms with van der Waals surface area (Å²) < 4.78 is 0.732. The van der Waals surface area contributed by atoms with Crippen LogP contribution in [0.2, 0.25) is 0 Å². The van der Waals surface area contributed by atoms with Gasteiger partial charge in [-0.1, -0.05) is 35.2 Å². The number of likely N-dealkylation sites (tertiary alicyclic amines) is 1. The zero-order valence-electron chi connectivity index (χ0n) is 11.8. The molecule has 0 bridgehead atoms. The number of amides is 2. The van der Waals surface area contributed by atoms with Crippen molar-refractivity contribution in [1.29, 1.82) is 0 Å². The molecule has 2 N–H and O–H groups in total. The van der Waals surface area contributed by atoms with Crippen molar-refractivity contribution < 1.29 is 14.7 Å². The number of aromatic carboxylic acids is 1. The number of hydrogen-bond donors (Lipinski definition) is 2. The highest BCUT2D eigenvalue weighted by atomic mass is 79.9. The minimum absolute atomic E-state index is 0.0959. The van der Waals surface area contributed by atoms with E-state index in [1.807, 2.05) is 0 Å². The van der Waals surface area contributed by atoms with Gasteiger partial charge < -0.3 is 15.3 Å². The Balaban J connectivity index is 2.10. The molecule has 1 aromatic carbocycles. The van der Waals surface area contributed by atoms with Gasteiger partial charge in [0.05, 0.1) is 11.3 Å². The highest BCUT2D eigenvalue weighted by molar-refractivity contribution is 9.10. The molecule has 0 aromatic heterocycles. The molecule has 0 radical (unpaired) electrons. The summed E-state index contributed by atoms with van der Waals surface area (Å²) in [6.45, 7) is 1.45. The maximum atomic E-state index is 12.3. The van der Waals surface area contributed by atoms with Crippen molar-refractivity contribution in [2.45, 2.75) is 32.1 Å². The van der Waals surface area contributed by atoms with Crippen LogP contribution in [-0.4, -0.2) is 35.1 Å². The van der Waals surface area contributed by atoms with Crippen LogP contribution in [0.15, 0.2) is 22.7 Å². The number of benzene rings is 1. The summed E-state index contributed by atoms with van der Waals surface area (Å²) in [5.41, 5.74) is 0.419.